The summed E-state index contributed by atoms with van der Waals surface area (Å²) in [5, 5.41) is 0. The van der Waals surface area contributed by atoms with Crippen molar-refractivity contribution in [3.63, 3.8) is 0 Å². The third-order valence-corrected chi connectivity index (χ3v) is 4.02. The van der Waals surface area contributed by atoms with Crippen LogP contribution in [0.25, 0.3) is 0 Å². The summed E-state index contributed by atoms with van der Waals surface area (Å²) in [6.07, 6.45) is 0.504. The van der Waals surface area contributed by atoms with E-state index in [9.17, 15) is 12.8 Å². The Kier molecular flexibility index (Phi) is 4.44. The zero-order valence-electron chi connectivity index (χ0n) is 9.48. The Balaban J connectivity index is 2.75. The lowest BCUT2D eigenvalue weighted by molar-refractivity contribution is 0.408. The van der Waals surface area contributed by atoms with Gasteiger partial charge in [0.25, 0.3) is 0 Å². The summed E-state index contributed by atoms with van der Waals surface area (Å²) in [7, 11) is 0.253. The van der Waals surface area contributed by atoms with Crippen LogP contribution in [-0.4, -0.2) is 39.7 Å². The monoisotopic (exact) mass is 245 g/mol. The highest BCUT2D eigenvalue weighted by atomic mass is 32.2. The van der Waals surface area contributed by atoms with Crippen molar-refractivity contribution in [1.82, 2.24) is 4.90 Å². The van der Waals surface area contributed by atoms with E-state index in [1.807, 2.05) is 19.0 Å². The molecule has 0 saturated carbocycles. The molecule has 0 spiro atoms. The van der Waals surface area contributed by atoms with Gasteiger partial charge in [-0.15, -0.1) is 0 Å². The molecule has 0 unspecified atom stereocenters. The first kappa shape index (κ1) is 13.1. The second kappa shape index (κ2) is 5.41. The van der Waals surface area contributed by atoms with Crippen molar-refractivity contribution in [2.45, 2.75) is 11.3 Å². The highest BCUT2D eigenvalue weighted by molar-refractivity contribution is 7.91. The first-order valence-corrected chi connectivity index (χ1v) is 6.71. The normalized spacial score (nSPS) is 12.0. The number of nitrogens with zero attached hydrogens (tertiary/aromatic N) is 1. The molecule has 1 rings (SSSR count). The molecule has 0 bridgehead atoms. The lowest BCUT2D eigenvalue weighted by atomic mass is 10.3. The van der Waals surface area contributed by atoms with E-state index >= 15 is 0 Å². The third-order valence-electron chi connectivity index (χ3n) is 2.19. The lowest BCUT2D eigenvalue weighted by Crippen LogP contribution is -2.17. The molecule has 16 heavy (non-hydrogen) atoms. The molecule has 5 heteroatoms. The zero-order valence-corrected chi connectivity index (χ0v) is 10.3. The van der Waals surface area contributed by atoms with Crippen LogP contribution >= 0.6 is 0 Å². The van der Waals surface area contributed by atoms with Crippen LogP contribution in [0, 0.1) is 5.82 Å². The van der Waals surface area contributed by atoms with Gasteiger partial charge in [0.15, 0.2) is 9.84 Å². The molecule has 0 aliphatic rings. The predicted molar refractivity (Wildman–Crippen MR) is 61.6 cm³/mol. The van der Waals surface area contributed by atoms with Crippen molar-refractivity contribution in [3.8, 4) is 0 Å². The van der Waals surface area contributed by atoms with Gasteiger partial charge < -0.3 is 4.90 Å². The van der Waals surface area contributed by atoms with Gasteiger partial charge in [-0.3, -0.25) is 0 Å². The van der Waals surface area contributed by atoms with E-state index in [-0.39, 0.29) is 10.6 Å². The van der Waals surface area contributed by atoms with Crippen LogP contribution in [-0.2, 0) is 9.84 Å². The molecule has 0 aromatic heterocycles. The fourth-order valence-corrected chi connectivity index (χ4v) is 2.76. The Labute approximate surface area is 95.8 Å². The summed E-state index contributed by atoms with van der Waals surface area (Å²) in [6, 6.07) is 5.48. The number of sulfone groups is 1. The molecular formula is C11H16FNO2S. The van der Waals surface area contributed by atoms with Crippen molar-refractivity contribution < 1.29 is 12.8 Å². The van der Waals surface area contributed by atoms with E-state index in [4.69, 9.17) is 0 Å². The van der Waals surface area contributed by atoms with E-state index in [2.05, 4.69) is 0 Å². The molecule has 0 aliphatic heterocycles. The highest BCUT2D eigenvalue weighted by Gasteiger charge is 2.17. The fourth-order valence-electron chi connectivity index (χ4n) is 1.38. The summed E-state index contributed by atoms with van der Waals surface area (Å²) in [5.41, 5.74) is 0. The third kappa shape index (κ3) is 3.57. The second-order valence-electron chi connectivity index (χ2n) is 3.91. The topological polar surface area (TPSA) is 37.4 Å². The van der Waals surface area contributed by atoms with Gasteiger partial charge in [-0.05, 0) is 39.2 Å². The maximum Gasteiger partial charge on any atom is 0.181 e. The number of hydrogen-bond donors (Lipinski definition) is 0. The Morgan fingerprint density at radius 2 is 1.88 bits per heavy atom. The summed E-state index contributed by atoms with van der Waals surface area (Å²) < 4.78 is 36.8. The molecule has 0 N–H and O–H groups in total. The molecule has 0 radical (unpaired) electrons. The van der Waals surface area contributed by atoms with Crippen LogP contribution in [0.1, 0.15) is 6.42 Å². The molecule has 0 heterocycles. The second-order valence-corrected chi connectivity index (χ2v) is 5.98. The van der Waals surface area contributed by atoms with Gasteiger partial charge >= 0.3 is 0 Å². The highest BCUT2D eigenvalue weighted by Crippen LogP contribution is 2.15. The Hall–Kier alpha value is -0.940. The largest absolute Gasteiger partial charge is 0.309 e. The van der Waals surface area contributed by atoms with Crippen molar-refractivity contribution in [2.75, 3.05) is 26.4 Å². The van der Waals surface area contributed by atoms with Crippen molar-refractivity contribution in [1.29, 1.82) is 0 Å². The van der Waals surface area contributed by atoms with E-state index in [1.54, 1.807) is 0 Å². The van der Waals surface area contributed by atoms with E-state index < -0.39 is 15.7 Å². The quantitative estimate of drug-likeness (QED) is 0.790. The first-order chi connectivity index (χ1) is 7.43. The smallest absolute Gasteiger partial charge is 0.181 e. The number of halogens is 1. The Bertz CT molecular complexity index is 443. The summed E-state index contributed by atoms with van der Waals surface area (Å²) >= 11 is 0. The summed E-state index contributed by atoms with van der Waals surface area (Å²) in [6.45, 7) is 0.674. The minimum Gasteiger partial charge on any atom is -0.309 e. The van der Waals surface area contributed by atoms with Crippen LogP contribution in [0.2, 0.25) is 0 Å². The molecule has 0 saturated heterocycles. The first-order valence-electron chi connectivity index (χ1n) is 5.05. The van der Waals surface area contributed by atoms with Crippen LogP contribution in [0.4, 0.5) is 4.39 Å². The molecule has 0 amide bonds. The molecule has 3 nitrogen and oxygen atoms in total. The van der Waals surface area contributed by atoms with Gasteiger partial charge in [0.1, 0.15) is 10.7 Å². The Morgan fingerprint density at radius 3 is 2.44 bits per heavy atom. The predicted octanol–water partition coefficient (Wildman–Crippen LogP) is 1.55. The molecule has 0 aliphatic carbocycles. The molecule has 0 atom stereocenters. The van der Waals surface area contributed by atoms with Crippen LogP contribution in [0.15, 0.2) is 29.2 Å². The van der Waals surface area contributed by atoms with Gasteiger partial charge in [-0.2, -0.15) is 0 Å². The molecular weight excluding hydrogens is 229 g/mol. The molecule has 1 aromatic rings. The maximum atomic E-state index is 13.3. The van der Waals surface area contributed by atoms with Crippen LogP contribution in [0.5, 0.6) is 0 Å². The number of hydrogen-bond acceptors (Lipinski definition) is 3. The lowest BCUT2D eigenvalue weighted by Gasteiger charge is -2.09. The van der Waals surface area contributed by atoms with Gasteiger partial charge in [-0.1, -0.05) is 12.1 Å². The van der Waals surface area contributed by atoms with E-state index in [0.29, 0.717) is 13.0 Å². The zero-order chi connectivity index (χ0) is 12.2. The molecule has 1 aromatic carbocycles. The Morgan fingerprint density at radius 1 is 1.25 bits per heavy atom. The van der Waals surface area contributed by atoms with Gasteiger partial charge in [-0.25, -0.2) is 12.8 Å². The van der Waals surface area contributed by atoms with Gasteiger partial charge in [0.05, 0.1) is 5.75 Å². The molecule has 90 valence electrons. The van der Waals surface area contributed by atoms with Crippen LogP contribution < -0.4 is 0 Å². The summed E-state index contributed by atoms with van der Waals surface area (Å²) in [4.78, 5) is 1.70. The van der Waals surface area contributed by atoms with Crippen molar-refractivity contribution in [2.24, 2.45) is 0 Å². The van der Waals surface area contributed by atoms with Gasteiger partial charge in [0, 0.05) is 0 Å². The minimum atomic E-state index is -3.49. The van der Waals surface area contributed by atoms with Gasteiger partial charge in [0.2, 0.25) is 0 Å². The standard InChI is InChI=1S/C11H16FNO2S/c1-13(2)8-5-9-16(14,15)11-7-4-3-6-10(11)12/h3-4,6-7H,5,8-9H2,1-2H3. The SMILES string of the molecule is CN(C)CCCS(=O)(=O)c1ccccc1F. The average molecular weight is 245 g/mol. The van der Waals surface area contributed by atoms with Crippen molar-refractivity contribution in [3.05, 3.63) is 30.1 Å². The average Bonchev–Trinajstić information content (AvgIpc) is 2.17. The van der Waals surface area contributed by atoms with E-state index in [1.165, 1.54) is 24.3 Å². The fraction of sp³-hybridized carbons (Fsp3) is 0.455. The summed E-state index contributed by atoms with van der Waals surface area (Å²) in [5.74, 6) is -0.695. The molecule has 0 fully saturated rings. The minimum absolute atomic E-state index is 0.0217. The van der Waals surface area contributed by atoms with E-state index in [0.717, 1.165) is 0 Å². The number of benzene rings is 1. The number of rotatable bonds is 5. The van der Waals surface area contributed by atoms with Crippen LogP contribution in [0.3, 0.4) is 0 Å². The van der Waals surface area contributed by atoms with Crippen molar-refractivity contribution >= 4 is 9.84 Å². The maximum absolute atomic E-state index is 13.3.